The molecule has 2 spiro atoms. The van der Waals surface area contributed by atoms with Crippen LogP contribution in [-0.2, 0) is 19.1 Å². The molecule has 2 saturated heterocycles. The summed E-state index contributed by atoms with van der Waals surface area (Å²) in [5.74, 6) is -3.29. The zero-order valence-corrected chi connectivity index (χ0v) is 16.9. The molecule has 154 valence electrons. The first-order valence-corrected chi connectivity index (χ1v) is 10.5. The molecule has 6 heteroatoms. The molecule has 0 radical (unpaired) electrons. The van der Waals surface area contributed by atoms with E-state index in [1.807, 2.05) is 0 Å². The van der Waals surface area contributed by atoms with Gasteiger partial charge < -0.3 is 19.7 Å². The van der Waals surface area contributed by atoms with Crippen LogP contribution < -0.4 is 0 Å². The van der Waals surface area contributed by atoms with Gasteiger partial charge >= 0.3 is 5.97 Å². The van der Waals surface area contributed by atoms with Crippen molar-refractivity contribution >= 4 is 11.8 Å². The van der Waals surface area contributed by atoms with Gasteiger partial charge in [0, 0.05) is 24.2 Å². The van der Waals surface area contributed by atoms with Gasteiger partial charge in [-0.2, -0.15) is 0 Å². The van der Waals surface area contributed by atoms with Crippen molar-refractivity contribution in [3.05, 3.63) is 12.2 Å². The number of ether oxygens (including phenoxy) is 2. The zero-order chi connectivity index (χ0) is 20.3. The largest absolute Gasteiger partial charge is 0.462 e. The Kier molecular flexibility index (Phi) is 3.53. The van der Waals surface area contributed by atoms with E-state index in [0.29, 0.717) is 18.4 Å². The van der Waals surface area contributed by atoms with Crippen LogP contribution in [0.15, 0.2) is 12.2 Å². The van der Waals surface area contributed by atoms with Crippen LogP contribution in [0.4, 0.5) is 0 Å². The summed E-state index contributed by atoms with van der Waals surface area (Å²) in [6.45, 7) is 9.93. The summed E-state index contributed by atoms with van der Waals surface area (Å²) in [6, 6.07) is 0. The molecule has 2 heterocycles. The third-order valence-electron chi connectivity index (χ3n) is 8.96. The summed E-state index contributed by atoms with van der Waals surface area (Å²) in [5.41, 5.74) is -1.53. The summed E-state index contributed by atoms with van der Waals surface area (Å²) in [6.07, 6.45) is 2.03. The molecule has 28 heavy (non-hydrogen) atoms. The zero-order valence-electron chi connectivity index (χ0n) is 16.9. The molecule has 4 bridgehead atoms. The summed E-state index contributed by atoms with van der Waals surface area (Å²) in [4.78, 5) is 25.5. The second-order valence-corrected chi connectivity index (χ2v) is 10.6. The van der Waals surface area contributed by atoms with Crippen molar-refractivity contribution in [3.8, 4) is 0 Å². The molecule has 6 rings (SSSR count). The van der Waals surface area contributed by atoms with Gasteiger partial charge in [0.15, 0.2) is 5.78 Å². The Labute approximate surface area is 165 Å². The standard InChI is InChI=1S/C22H30O6/c1-11-13-8-14(28-12(2)23)15-20-7-5-6-19(3,4)16(20)18(25)22(26,27-10-20)21(15,9-13)17(11)24/h13-16,18,25-26H,1,5-10H2,2-4H3/t13-,14?,15-,16+,18?,20-,21+,22-/m1/s1. The van der Waals surface area contributed by atoms with Crippen LogP contribution in [-0.4, -0.2) is 46.6 Å². The van der Waals surface area contributed by atoms with Crippen molar-refractivity contribution in [2.75, 3.05) is 6.61 Å². The van der Waals surface area contributed by atoms with Gasteiger partial charge in [0.25, 0.3) is 0 Å². The van der Waals surface area contributed by atoms with Crippen LogP contribution in [0, 0.1) is 34.0 Å². The normalized spacial score (nSPS) is 53.5. The number of hydrogen-bond donors (Lipinski definition) is 2. The highest BCUT2D eigenvalue weighted by Gasteiger charge is 2.84. The lowest BCUT2D eigenvalue weighted by molar-refractivity contribution is -0.445. The van der Waals surface area contributed by atoms with Gasteiger partial charge in [-0.3, -0.25) is 9.59 Å². The number of aliphatic hydroxyl groups excluding tert-OH is 1. The number of fused-ring (bicyclic) bond motifs is 2. The number of allylic oxidation sites excluding steroid dienone is 1. The Morgan fingerprint density at radius 1 is 1.29 bits per heavy atom. The summed E-state index contributed by atoms with van der Waals surface area (Å²) in [7, 11) is 0. The fraction of sp³-hybridized carbons (Fsp3) is 0.818. The molecular weight excluding hydrogens is 360 g/mol. The van der Waals surface area contributed by atoms with E-state index in [1.54, 1.807) is 0 Å². The Balaban J connectivity index is 1.77. The number of esters is 1. The Morgan fingerprint density at radius 2 is 2.00 bits per heavy atom. The quantitative estimate of drug-likeness (QED) is 0.525. The minimum absolute atomic E-state index is 0.154. The van der Waals surface area contributed by atoms with E-state index in [1.165, 1.54) is 6.92 Å². The fourth-order valence-electron chi connectivity index (χ4n) is 8.28. The van der Waals surface area contributed by atoms with Crippen molar-refractivity contribution in [3.63, 3.8) is 0 Å². The van der Waals surface area contributed by atoms with E-state index in [9.17, 15) is 19.8 Å². The average molecular weight is 390 g/mol. The maximum absolute atomic E-state index is 13.6. The average Bonchev–Trinajstić information content (AvgIpc) is 2.78. The highest BCUT2D eigenvalue weighted by Crippen LogP contribution is 2.76. The van der Waals surface area contributed by atoms with Crippen LogP contribution in [0.2, 0.25) is 0 Å². The molecule has 0 aromatic heterocycles. The van der Waals surface area contributed by atoms with Gasteiger partial charge in [0.05, 0.1) is 12.0 Å². The third kappa shape index (κ3) is 1.81. The molecule has 6 aliphatic rings. The van der Waals surface area contributed by atoms with Crippen LogP contribution in [0.3, 0.4) is 0 Å². The SMILES string of the molecule is C=C1C(=O)[C@]23C[C@H]1CC(OC(C)=O)[C@@H]2[C@]12CCCC(C)(C)[C@@H]1C(O)[C@@]3(O)OC2. The predicted molar refractivity (Wildman–Crippen MR) is 98.8 cm³/mol. The lowest BCUT2D eigenvalue weighted by Crippen LogP contribution is -2.83. The Morgan fingerprint density at radius 3 is 2.68 bits per heavy atom. The highest BCUT2D eigenvalue weighted by molar-refractivity contribution is 6.04. The van der Waals surface area contributed by atoms with Crippen molar-refractivity contribution in [1.82, 2.24) is 0 Å². The van der Waals surface area contributed by atoms with Gasteiger partial charge in [-0.25, -0.2) is 0 Å². The topological polar surface area (TPSA) is 93.1 Å². The number of rotatable bonds is 1. The summed E-state index contributed by atoms with van der Waals surface area (Å²) >= 11 is 0. The first kappa shape index (κ1) is 18.8. The second kappa shape index (κ2) is 5.27. The molecule has 0 amide bonds. The molecule has 4 saturated carbocycles. The number of aliphatic hydroxyl groups is 2. The van der Waals surface area contributed by atoms with E-state index in [4.69, 9.17) is 9.47 Å². The number of hydrogen-bond acceptors (Lipinski definition) is 6. The lowest BCUT2D eigenvalue weighted by Gasteiger charge is -2.73. The van der Waals surface area contributed by atoms with Crippen molar-refractivity contribution < 1.29 is 29.3 Å². The van der Waals surface area contributed by atoms with E-state index in [0.717, 1.165) is 19.3 Å². The summed E-state index contributed by atoms with van der Waals surface area (Å²) in [5, 5.41) is 23.2. The van der Waals surface area contributed by atoms with Gasteiger partial charge in [-0.1, -0.05) is 26.8 Å². The van der Waals surface area contributed by atoms with E-state index in [2.05, 4.69) is 20.4 Å². The molecule has 0 aromatic carbocycles. The fourth-order valence-corrected chi connectivity index (χ4v) is 8.28. The van der Waals surface area contributed by atoms with Crippen LogP contribution in [0.1, 0.15) is 52.9 Å². The first-order valence-electron chi connectivity index (χ1n) is 10.5. The van der Waals surface area contributed by atoms with Crippen LogP contribution >= 0.6 is 0 Å². The van der Waals surface area contributed by atoms with Gasteiger partial charge in [0.1, 0.15) is 12.2 Å². The Hall–Kier alpha value is -1.24. The maximum atomic E-state index is 13.6. The molecule has 6 nitrogen and oxygen atoms in total. The summed E-state index contributed by atoms with van der Waals surface area (Å²) < 4.78 is 11.8. The highest BCUT2D eigenvalue weighted by atomic mass is 16.6. The van der Waals surface area contributed by atoms with Crippen molar-refractivity contribution in [2.45, 2.75) is 70.9 Å². The number of ketones is 1. The number of carbonyl (C=O) groups is 2. The molecule has 2 aliphatic heterocycles. The molecule has 2 N–H and O–H groups in total. The lowest BCUT2D eigenvalue weighted by atomic mass is 9.36. The molecule has 0 aromatic rings. The van der Waals surface area contributed by atoms with Crippen LogP contribution in [0.25, 0.3) is 0 Å². The molecule has 6 fully saturated rings. The monoisotopic (exact) mass is 390 g/mol. The molecule has 2 unspecified atom stereocenters. The van der Waals surface area contributed by atoms with Crippen molar-refractivity contribution in [2.24, 2.45) is 34.0 Å². The number of carbonyl (C=O) groups excluding carboxylic acids is 2. The van der Waals surface area contributed by atoms with Crippen LogP contribution in [0.5, 0.6) is 0 Å². The van der Waals surface area contributed by atoms with E-state index >= 15 is 0 Å². The van der Waals surface area contributed by atoms with Gasteiger partial charge in [-0.15, -0.1) is 0 Å². The minimum Gasteiger partial charge on any atom is -0.462 e. The van der Waals surface area contributed by atoms with Gasteiger partial charge in [-0.05, 0) is 42.6 Å². The molecular formula is C22H30O6. The van der Waals surface area contributed by atoms with E-state index in [-0.39, 0.29) is 41.5 Å². The number of Topliss-reactive ketones (excluding diaryl/α,β-unsaturated/α-hetero) is 1. The predicted octanol–water partition coefficient (Wildman–Crippen LogP) is 1.98. The molecule has 8 atom stereocenters. The van der Waals surface area contributed by atoms with Gasteiger partial charge in [0.2, 0.25) is 5.79 Å². The third-order valence-corrected chi connectivity index (χ3v) is 8.96. The maximum Gasteiger partial charge on any atom is 0.302 e. The second-order valence-electron chi connectivity index (χ2n) is 10.6. The Bertz CT molecular complexity index is 788. The first-order chi connectivity index (χ1) is 13.0. The van der Waals surface area contributed by atoms with Crippen molar-refractivity contribution in [1.29, 1.82) is 0 Å². The molecule has 4 aliphatic carbocycles. The van der Waals surface area contributed by atoms with E-state index < -0.39 is 28.8 Å². The minimum atomic E-state index is -1.97. The smallest absolute Gasteiger partial charge is 0.302 e.